The Bertz CT molecular complexity index is 504. The Morgan fingerprint density at radius 1 is 1.17 bits per heavy atom. The minimum atomic E-state index is 0.159. The summed E-state index contributed by atoms with van der Waals surface area (Å²) in [6.45, 7) is 3.26. The van der Waals surface area contributed by atoms with Crippen LogP contribution in [0.2, 0.25) is 0 Å². The second-order valence-electron chi connectivity index (χ2n) is 6.31. The highest BCUT2D eigenvalue weighted by molar-refractivity contribution is 5.95. The number of benzene rings is 1. The molecule has 5 nitrogen and oxygen atoms in total. The van der Waals surface area contributed by atoms with Gasteiger partial charge in [-0.3, -0.25) is 4.79 Å². The van der Waals surface area contributed by atoms with Crippen molar-refractivity contribution in [1.82, 2.24) is 10.2 Å². The largest absolute Gasteiger partial charge is 0.494 e. The standard InChI is InChI=1S/C18H26N2O3/c1-22-11-2-12-23-17-7-3-14(4-8-17)18(21)20-15-5-6-16(20)13-19-10-9-15/h3-4,7-8,15-16,19H,2,5-6,9-13H2,1H3. The van der Waals surface area contributed by atoms with E-state index in [2.05, 4.69) is 10.2 Å². The molecule has 3 rings (SSSR count). The van der Waals surface area contributed by atoms with Crippen molar-refractivity contribution in [1.29, 1.82) is 0 Å². The quantitative estimate of drug-likeness (QED) is 0.816. The molecule has 2 bridgehead atoms. The molecule has 2 aliphatic rings. The summed E-state index contributed by atoms with van der Waals surface area (Å²) >= 11 is 0. The van der Waals surface area contributed by atoms with E-state index in [4.69, 9.17) is 9.47 Å². The lowest BCUT2D eigenvalue weighted by molar-refractivity contribution is 0.0680. The zero-order valence-electron chi connectivity index (χ0n) is 13.8. The zero-order chi connectivity index (χ0) is 16.1. The molecule has 1 N–H and O–H groups in total. The van der Waals surface area contributed by atoms with E-state index in [-0.39, 0.29) is 5.91 Å². The third kappa shape index (κ3) is 3.85. The number of nitrogens with one attached hydrogen (secondary N) is 1. The molecule has 2 aliphatic heterocycles. The Labute approximate surface area is 137 Å². The van der Waals surface area contributed by atoms with Crippen LogP contribution in [0.15, 0.2) is 24.3 Å². The second kappa shape index (κ2) is 7.79. The predicted octanol–water partition coefficient (Wildman–Crippen LogP) is 2.07. The van der Waals surface area contributed by atoms with Crippen molar-refractivity contribution < 1.29 is 14.3 Å². The molecule has 2 unspecified atom stereocenters. The summed E-state index contributed by atoms with van der Waals surface area (Å²) in [7, 11) is 1.69. The van der Waals surface area contributed by atoms with E-state index in [1.165, 1.54) is 0 Å². The van der Waals surface area contributed by atoms with Crippen LogP contribution < -0.4 is 10.1 Å². The molecule has 1 aromatic carbocycles. The lowest BCUT2D eigenvalue weighted by Gasteiger charge is -2.28. The van der Waals surface area contributed by atoms with Gasteiger partial charge in [0.25, 0.3) is 5.91 Å². The van der Waals surface area contributed by atoms with E-state index in [0.717, 1.165) is 50.1 Å². The van der Waals surface area contributed by atoms with Crippen LogP contribution >= 0.6 is 0 Å². The average molecular weight is 318 g/mol. The summed E-state index contributed by atoms with van der Waals surface area (Å²) in [6.07, 6.45) is 4.17. The van der Waals surface area contributed by atoms with Crippen molar-refractivity contribution in [2.45, 2.75) is 37.8 Å². The van der Waals surface area contributed by atoms with E-state index in [1.807, 2.05) is 24.3 Å². The maximum Gasteiger partial charge on any atom is 0.254 e. The number of nitrogens with zero attached hydrogens (tertiary/aromatic N) is 1. The van der Waals surface area contributed by atoms with Gasteiger partial charge >= 0.3 is 0 Å². The molecule has 0 spiro atoms. The Balaban J connectivity index is 1.61. The fourth-order valence-electron chi connectivity index (χ4n) is 3.55. The van der Waals surface area contributed by atoms with Gasteiger partial charge in [0.15, 0.2) is 0 Å². The van der Waals surface area contributed by atoms with Gasteiger partial charge in [0.05, 0.1) is 6.61 Å². The summed E-state index contributed by atoms with van der Waals surface area (Å²) in [5.74, 6) is 0.963. The summed E-state index contributed by atoms with van der Waals surface area (Å²) < 4.78 is 10.6. The molecule has 2 saturated heterocycles. The first-order valence-electron chi connectivity index (χ1n) is 8.55. The Hall–Kier alpha value is -1.59. The van der Waals surface area contributed by atoms with E-state index in [0.29, 0.717) is 25.3 Å². The number of hydrogen-bond donors (Lipinski definition) is 1. The molecule has 5 heteroatoms. The first-order valence-corrected chi connectivity index (χ1v) is 8.55. The van der Waals surface area contributed by atoms with Gasteiger partial charge in [-0.05, 0) is 50.1 Å². The molecular weight excluding hydrogens is 292 g/mol. The van der Waals surface area contributed by atoms with Crippen LogP contribution in [-0.4, -0.2) is 56.3 Å². The number of ether oxygens (including phenoxy) is 2. The highest BCUT2D eigenvalue weighted by atomic mass is 16.5. The van der Waals surface area contributed by atoms with Gasteiger partial charge in [0.2, 0.25) is 0 Å². The molecule has 0 aliphatic carbocycles. The third-order valence-corrected chi connectivity index (χ3v) is 4.75. The van der Waals surface area contributed by atoms with Crippen LogP contribution in [0.3, 0.4) is 0 Å². The minimum absolute atomic E-state index is 0.159. The van der Waals surface area contributed by atoms with Gasteiger partial charge < -0.3 is 19.7 Å². The van der Waals surface area contributed by atoms with E-state index in [1.54, 1.807) is 7.11 Å². The van der Waals surface area contributed by atoms with Crippen LogP contribution in [0.25, 0.3) is 0 Å². The molecule has 2 heterocycles. The molecule has 2 fully saturated rings. The number of fused-ring (bicyclic) bond motifs is 2. The first-order chi connectivity index (χ1) is 11.3. The van der Waals surface area contributed by atoms with Gasteiger partial charge in [-0.1, -0.05) is 0 Å². The van der Waals surface area contributed by atoms with Gasteiger partial charge in [0, 0.05) is 44.3 Å². The van der Waals surface area contributed by atoms with E-state index in [9.17, 15) is 4.79 Å². The van der Waals surface area contributed by atoms with Crippen molar-refractivity contribution in [3.05, 3.63) is 29.8 Å². The minimum Gasteiger partial charge on any atom is -0.494 e. The number of carbonyl (C=O) groups excluding carboxylic acids is 1. The van der Waals surface area contributed by atoms with E-state index < -0.39 is 0 Å². The summed E-state index contributed by atoms with van der Waals surface area (Å²) in [6, 6.07) is 8.28. The number of amides is 1. The SMILES string of the molecule is COCCCOc1ccc(C(=O)N2C3CCNCC2CC3)cc1. The monoisotopic (exact) mass is 318 g/mol. The van der Waals surface area contributed by atoms with Crippen LogP contribution in [-0.2, 0) is 4.74 Å². The van der Waals surface area contributed by atoms with Crippen LogP contribution in [0, 0.1) is 0 Å². The molecule has 126 valence electrons. The van der Waals surface area contributed by atoms with Gasteiger partial charge in [-0.15, -0.1) is 0 Å². The Kier molecular flexibility index (Phi) is 5.51. The van der Waals surface area contributed by atoms with Gasteiger partial charge in [-0.2, -0.15) is 0 Å². The summed E-state index contributed by atoms with van der Waals surface area (Å²) in [5.41, 5.74) is 0.757. The topological polar surface area (TPSA) is 50.8 Å². The van der Waals surface area contributed by atoms with Crippen molar-refractivity contribution >= 4 is 5.91 Å². The van der Waals surface area contributed by atoms with Crippen molar-refractivity contribution in [3.8, 4) is 5.75 Å². The number of hydrogen-bond acceptors (Lipinski definition) is 4. The molecule has 0 radical (unpaired) electrons. The van der Waals surface area contributed by atoms with Crippen LogP contribution in [0.4, 0.5) is 0 Å². The van der Waals surface area contributed by atoms with E-state index >= 15 is 0 Å². The summed E-state index contributed by atoms with van der Waals surface area (Å²) in [4.78, 5) is 15.0. The molecule has 23 heavy (non-hydrogen) atoms. The maximum absolute atomic E-state index is 12.9. The number of rotatable bonds is 6. The first kappa shape index (κ1) is 16.3. The molecule has 2 atom stereocenters. The smallest absolute Gasteiger partial charge is 0.254 e. The molecule has 1 aromatic rings. The summed E-state index contributed by atoms with van der Waals surface area (Å²) in [5, 5.41) is 3.43. The van der Waals surface area contributed by atoms with Gasteiger partial charge in [0.1, 0.15) is 5.75 Å². The highest BCUT2D eigenvalue weighted by Crippen LogP contribution is 2.29. The second-order valence-corrected chi connectivity index (χ2v) is 6.31. The lowest BCUT2D eigenvalue weighted by atomic mass is 10.1. The fraction of sp³-hybridized carbons (Fsp3) is 0.611. The zero-order valence-corrected chi connectivity index (χ0v) is 13.8. The molecular formula is C18H26N2O3. The van der Waals surface area contributed by atoms with Gasteiger partial charge in [-0.25, -0.2) is 0 Å². The predicted molar refractivity (Wildman–Crippen MR) is 88.9 cm³/mol. The van der Waals surface area contributed by atoms with Crippen LogP contribution in [0.5, 0.6) is 5.75 Å². The number of carbonyl (C=O) groups is 1. The fourth-order valence-corrected chi connectivity index (χ4v) is 3.55. The molecule has 0 saturated carbocycles. The normalized spacial score (nSPS) is 23.6. The average Bonchev–Trinajstić information content (AvgIpc) is 2.84. The highest BCUT2D eigenvalue weighted by Gasteiger charge is 2.38. The van der Waals surface area contributed by atoms with Crippen molar-refractivity contribution in [3.63, 3.8) is 0 Å². The maximum atomic E-state index is 12.9. The van der Waals surface area contributed by atoms with Crippen LogP contribution in [0.1, 0.15) is 36.0 Å². The lowest BCUT2D eigenvalue weighted by Crippen LogP contribution is -2.42. The molecule has 1 amide bonds. The van der Waals surface area contributed by atoms with Crippen molar-refractivity contribution in [2.75, 3.05) is 33.4 Å². The Morgan fingerprint density at radius 3 is 2.74 bits per heavy atom. The Morgan fingerprint density at radius 2 is 1.96 bits per heavy atom. The number of methoxy groups -OCH3 is 1. The molecule has 0 aromatic heterocycles. The third-order valence-electron chi connectivity index (χ3n) is 4.75. The van der Waals surface area contributed by atoms with Crippen molar-refractivity contribution in [2.24, 2.45) is 0 Å².